The molecule has 138 valence electrons. The van der Waals surface area contributed by atoms with E-state index in [9.17, 15) is 4.79 Å². The van der Waals surface area contributed by atoms with Crippen LogP contribution in [0.3, 0.4) is 0 Å². The van der Waals surface area contributed by atoms with Gasteiger partial charge in [0.05, 0.1) is 6.61 Å². The lowest BCUT2D eigenvalue weighted by Gasteiger charge is -2.14. The number of carbonyl (C=O) groups excluding carboxylic acids is 1. The Morgan fingerprint density at radius 3 is 2.69 bits per heavy atom. The average Bonchev–Trinajstić information content (AvgIpc) is 2.60. The number of amides is 1. The molecule has 0 heterocycles. The van der Waals surface area contributed by atoms with E-state index in [1.54, 1.807) is 18.2 Å². The van der Waals surface area contributed by atoms with Crippen LogP contribution in [0.2, 0.25) is 0 Å². The highest BCUT2D eigenvalue weighted by Gasteiger charge is 2.10. The maximum Gasteiger partial charge on any atom is 0.257 e. The van der Waals surface area contributed by atoms with Crippen molar-refractivity contribution in [2.75, 3.05) is 11.9 Å². The van der Waals surface area contributed by atoms with Crippen LogP contribution >= 0.6 is 34.8 Å². The van der Waals surface area contributed by atoms with Gasteiger partial charge in [0.15, 0.2) is 5.11 Å². The minimum Gasteiger partial charge on any atom is -0.494 e. The van der Waals surface area contributed by atoms with Gasteiger partial charge in [0.1, 0.15) is 5.75 Å². The van der Waals surface area contributed by atoms with Crippen molar-refractivity contribution in [3.05, 3.63) is 56.7 Å². The molecule has 0 atom stereocenters. The van der Waals surface area contributed by atoms with Crippen molar-refractivity contribution in [2.24, 2.45) is 0 Å². The summed E-state index contributed by atoms with van der Waals surface area (Å²) in [5.74, 6) is 0.428. The number of hydrogen-bond acceptors (Lipinski definition) is 3. The summed E-state index contributed by atoms with van der Waals surface area (Å²) in [7, 11) is 0. The Kier molecular flexibility index (Phi) is 7.84. The Hall–Kier alpha value is -1.67. The van der Waals surface area contributed by atoms with Gasteiger partial charge in [0.2, 0.25) is 0 Å². The third kappa shape index (κ3) is 5.95. The van der Waals surface area contributed by atoms with E-state index in [-0.39, 0.29) is 11.0 Å². The molecular formula is C20H23IN2O2S. The molecule has 2 N–H and O–H groups in total. The fraction of sp³-hybridized carbons (Fsp3) is 0.300. The van der Waals surface area contributed by atoms with E-state index in [1.807, 2.05) is 26.0 Å². The zero-order valence-electron chi connectivity index (χ0n) is 15.2. The maximum atomic E-state index is 12.4. The van der Waals surface area contributed by atoms with Crippen molar-refractivity contribution in [2.45, 2.75) is 33.6 Å². The normalized spacial score (nSPS) is 10.3. The second-order valence-corrected chi connectivity index (χ2v) is 7.62. The lowest BCUT2D eigenvalue weighted by molar-refractivity contribution is 0.0977. The first-order valence-corrected chi connectivity index (χ1v) is 10.0. The summed E-state index contributed by atoms with van der Waals surface area (Å²) in [5.41, 5.74) is 3.64. The monoisotopic (exact) mass is 482 g/mol. The van der Waals surface area contributed by atoms with Crippen LogP contribution in [0.25, 0.3) is 0 Å². The van der Waals surface area contributed by atoms with Crippen LogP contribution in [0.4, 0.5) is 5.69 Å². The van der Waals surface area contributed by atoms with Crippen LogP contribution in [0.5, 0.6) is 5.75 Å². The van der Waals surface area contributed by atoms with E-state index in [1.165, 1.54) is 3.57 Å². The number of carbonyl (C=O) groups is 1. The van der Waals surface area contributed by atoms with Crippen LogP contribution < -0.4 is 15.4 Å². The minimum absolute atomic E-state index is 0.261. The van der Waals surface area contributed by atoms with Gasteiger partial charge in [-0.2, -0.15) is 0 Å². The van der Waals surface area contributed by atoms with Gasteiger partial charge in [-0.05, 0) is 96.5 Å². The molecule has 2 aromatic carbocycles. The van der Waals surface area contributed by atoms with Crippen molar-refractivity contribution < 1.29 is 9.53 Å². The topological polar surface area (TPSA) is 50.4 Å². The van der Waals surface area contributed by atoms with Crippen molar-refractivity contribution in [1.82, 2.24) is 5.32 Å². The Morgan fingerprint density at radius 2 is 1.96 bits per heavy atom. The summed E-state index contributed by atoms with van der Waals surface area (Å²) in [6.07, 6.45) is 2.05. The summed E-state index contributed by atoms with van der Waals surface area (Å²) in [5, 5.41) is 6.10. The molecule has 0 fully saturated rings. The second-order valence-electron chi connectivity index (χ2n) is 6.05. The van der Waals surface area contributed by atoms with Crippen molar-refractivity contribution in [3.63, 3.8) is 0 Å². The van der Waals surface area contributed by atoms with E-state index < -0.39 is 0 Å². The number of nitrogens with one attached hydrogen (secondary N) is 2. The molecule has 0 aromatic heterocycles. The van der Waals surface area contributed by atoms with Crippen molar-refractivity contribution in [1.29, 1.82) is 0 Å². The number of rotatable bonds is 6. The van der Waals surface area contributed by atoms with E-state index in [2.05, 4.69) is 46.2 Å². The Bertz CT molecular complexity index is 808. The fourth-order valence-corrected chi connectivity index (χ4v) is 3.13. The molecule has 0 radical (unpaired) electrons. The van der Waals surface area contributed by atoms with Crippen LogP contribution in [-0.4, -0.2) is 17.6 Å². The molecule has 4 nitrogen and oxygen atoms in total. The lowest BCUT2D eigenvalue weighted by atomic mass is 10.1. The first-order valence-electron chi connectivity index (χ1n) is 8.52. The first kappa shape index (κ1) is 20.6. The summed E-state index contributed by atoms with van der Waals surface area (Å²) in [4.78, 5) is 12.4. The van der Waals surface area contributed by atoms with E-state index in [0.29, 0.717) is 17.9 Å². The van der Waals surface area contributed by atoms with Gasteiger partial charge in [-0.25, -0.2) is 0 Å². The average molecular weight is 482 g/mol. The summed E-state index contributed by atoms with van der Waals surface area (Å²) in [6.45, 7) is 6.80. The van der Waals surface area contributed by atoms with Gasteiger partial charge in [-0.15, -0.1) is 0 Å². The number of anilines is 1. The minimum atomic E-state index is -0.261. The highest BCUT2D eigenvalue weighted by Crippen LogP contribution is 2.22. The highest BCUT2D eigenvalue weighted by atomic mass is 127. The quantitative estimate of drug-likeness (QED) is 0.337. The van der Waals surface area contributed by atoms with Crippen molar-refractivity contribution in [3.8, 4) is 5.75 Å². The molecule has 1 amide bonds. The molecule has 0 unspecified atom stereocenters. The third-order valence-electron chi connectivity index (χ3n) is 3.84. The van der Waals surface area contributed by atoms with E-state index in [0.717, 1.165) is 29.7 Å². The van der Waals surface area contributed by atoms with Gasteiger partial charge >= 0.3 is 0 Å². The number of aryl methyl sites for hydroxylation is 2. The van der Waals surface area contributed by atoms with Crippen LogP contribution in [0.15, 0.2) is 36.4 Å². The molecule has 0 aliphatic heterocycles. The second kappa shape index (κ2) is 9.87. The highest BCUT2D eigenvalue weighted by molar-refractivity contribution is 14.1. The van der Waals surface area contributed by atoms with Crippen LogP contribution in [0, 0.1) is 17.4 Å². The zero-order valence-corrected chi connectivity index (χ0v) is 18.2. The Morgan fingerprint density at radius 1 is 1.19 bits per heavy atom. The van der Waals surface area contributed by atoms with Crippen LogP contribution in [0.1, 0.15) is 41.3 Å². The number of unbranched alkanes of at least 4 members (excludes halogenated alkanes) is 1. The van der Waals surface area contributed by atoms with Crippen LogP contribution in [-0.2, 0) is 0 Å². The molecule has 0 bridgehead atoms. The molecule has 0 aliphatic rings. The number of hydrogen-bond donors (Lipinski definition) is 2. The fourth-order valence-electron chi connectivity index (χ4n) is 2.31. The number of halogens is 1. The molecular weight excluding hydrogens is 459 g/mol. The van der Waals surface area contributed by atoms with Gasteiger partial charge in [-0.1, -0.05) is 19.4 Å². The number of benzene rings is 2. The largest absolute Gasteiger partial charge is 0.494 e. The van der Waals surface area contributed by atoms with Gasteiger partial charge < -0.3 is 10.1 Å². The number of ether oxygens (including phenoxy) is 1. The Balaban J connectivity index is 2.00. The third-order valence-corrected chi connectivity index (χ3v) is 5.21. The summed E-state index contributed by atoms with van der Waals surface area (Å²) < 4.78 is 6.84. The maximum absolute atomic E-state index is 12.4. The number of thiocarbonyl (C=S) groups is 1. The van der Waals surface area contributed by atoms with Crippen molar-refractivity contribution >= 4 is 51.5 Å². The standard InChI is InChI=1S/C20H23IN2O2S/c1-4-5-9-25-16-8-6-7-15(12-16)19(24)23-20(26)22-18-11-13(2)17(21)10-14(18)3/h6-8,10-12H,4-5,9H2,1-3H3,(H2,22,23,24,26). The van der Waals surface area contributed by atoms with E-state index >= 15 is 0 Å². The summed E-state index contributed by atoms with van der Waals surface area (Å²) >= 11 is 7.59. The predicted octanol–water partition coefficient (Wildman–Crippen LogP) is 5.21. The molecule has 0 aliphatic carbocycles. The van der Waals surface area contributed by atoms with Gasteiger partial charge in [-0.3, -0.25) is 10.1 Å². The first-order chi connectivity index (χ1) is 12.4. The molecule has 0 saturated heterocycles. The SMILES string of the molecule is CCCCOc1cccc(C(=O)NC(=S)Nc2cc(C)c(I)cc2C)c1. The Labute approximate surface area is 173 Å². The smallest absolute Gasteiger partial charge is 0.257 e. The summed E-state index contributed by atoms with van der Waals surface area (Å²) in [6, 6.07) is 11.2. The van der Waals surface area contributed by atoms with E-state index in [4.69, 9.17) is 17.0 Å². The molecule has 2 aromatic rings. The zero-order chi connectivity index (χ0) is 19.1. The molecule has 2 rings (SSSR count). The molecule has 26 heavy (non-hydrogen) atoms. The van der Waals surface area contributed by atoms with Gasteiger partial charge in [0, 0.05) is 14.8 Å². The predicted molar refractivity (Wildman–Crippen MR) is 119 cm³/mol. The lowest BCUT2D eigenvalue weighted by Crippen LogP contribution is -2.34. The molecule has 0 saturated carbocycles. The molecule has 0 spiro atoms. The molecule has 6 heteroatoms. The van der Waals surface area contributed by atoms with Gasteiger partial charge in [0.25, 0.3) is 5.91 Å².